The number of alkyl halides is 1. The van der Waals surface area contributed by atoms with Crippen LogP contribution in [0.5, 0.6) is 0 Å². The number of amides is 2. The van der Waals surface area contributed by atoms with Crippen molar-refractivity contribution < 1.29 is 23.5 Å². The maximum absolute atomic E-state index is 14.9. The fourth-order valence-corrected chi connectivity index (χ4v) is 5.86. The van der Waals surface area contributed by atoms with Gasteiger partial charge in [0, 0.05) is 30.2 Å². The van der Waals surface area contributed by atoms with E-state index in [1.165, 1.54) is 0 Å². The zero-order chi connectivity index (χ0) is 28.4. The smallest absolute Gasteiger partial charge is 0.328 e. The van der Waals surface area contributed by atoms with Gasteiger partial charge in [-0.2, -0.15) is 5.10 Å². The summed E-state index contributed by atoms with van der Waals surface area (Å²) in [5.74, 6) is -1.35. The van der Waals surface area contributed by atoms with Gasteiger partial charge in [0.25, 0.3) is 11.8 Å². The zero-order valence-corrected chi connectivity index (χ0v) is 23.3. The van der Waals surface area contributed by atoms with E-state index in [1.807, 2.05) is 19.1 Å². The van der Waals surface area contributed by atoms with Gasteiger partial charge in [0.1, 0.15) is 11.7 Å². The predicted octanol–water partition coefficient (Wildman–Crippen LogP) is 5.14. The lowest BCUT2D eigenvalue weighted by Gasteiger charge is -2.39. The first-order chi connectivity index (χ1) is 19.2. The molecule has 1 N–H and O–H groups in total. The molecule has 40 heavy (non-hydrogen) atoms. The maximum Gasteiger partial charge on any atom is 0.328 e. The Hall–Kier alpha value is -3.72. The number of aromatic nitrogens is 2. The summed E-state index contributed by atoms with van der Waals surface area (Å²) in [7, 11) is 0. The number of halogens is 2. The van der Waals surface area contributed by atoms with E-state index in [4.69, 9.17) is 16.3 Å². The number of ether oxygens (including phenoxy) is 1. The van der Waals surface area contributed by atoms with Crippen molar-refractivity contribution in [1.82, 2.24) is 20.0 Å². The first-order valence-corrected chi connectivity index (χ1v) is 13.9. The summed E-state index contributed by atoms with van der Waals surface area (Å²) in [6.45, 7) is 4.87. The number of hydrogen-bond donors (Lipinski definition) is 1. The molecule has 2 atom stereocenters. The second kappa shape index (κ2) is 11.4. The summed E-state index contributed by atoms with van der Waals surface area (Å²) >= 11 is 6.15. The number of carbonyl (C=O) groups is 3. The molecular formula is C30H32ClFN4O4. The van der Waals surface area contributed by atoms with Crippen LogP contribution in [0, 0.1) is 12.3 Å². The van der Waals surface area contributed by atoms with E-state index in [-0.39, 0.29) is 23.6 Å². The summed E-state index contributed by atoms with van der Waals surface area (Å²) in [5, 5.41) is 7.79. The van der Waals surface area contributed by atoms with Crippen LogP contribution in [-0.4, -0.2) is 70.1 Å². The van der Waals surface area contributed by atoms with E-state index >= 15 is 0 Å². The average Bonchev–Trinajstić information content (AvgIpc) is 3.61. The number of aromatic amines is 1. The Balaban J connectivity index is 1.31. The quantitative estimate of drug-likeness (QED) is 0.417. The number of benzene rings is 2. The molecule has 1 spiro atoms. The van der Waals surface area contributed by atoms with Gasteiger partial charge in [-0.1, -0.05) is 48.0 Å². The van der Waals surface area contributed by atoms with E-state index in [1.54, 1.807) is 59.2 Å². The Morgan fingerprint density at radius 2 is 1.88 bits per heavy atom. The minimum Gasteiger partial charge on any atom is -0.464 e. The Labute approximate surface area is 237 Å². The van der Waals surface area contributed by atoms with Crippen molar-refractivity contribution in [2.24, 2.45) is 5.41 Å². The van der Waals surface area contributed by atoms with Gasteiger partial charge in [-0.25, -0.2) is 9.18 Å². The zero-order valence-electron chi connectivity index (χ0n) is 22.5. The molecular weight excluding hydrogens is 535 g/mol. The number of carbonyl (C=O) groups excluding carboxylic acids is 3. The Morgan fingerprint density at radius 1 is 1.15 bits per heavy atom. The van der Waals surface area contributed by atoms with Crippen molar-refractivity contribution >= 4 is 29.4 Å². The Morgan fingerprint density at radius 3 is 2.55 bits per heavy atom. The van der Waals surface area contributed by atoms with Crippen LogP contribution in [0.25, 0.3) is 11.3 Å². The Bertz CT molecular complexity index is 1400. The molecule has 2 aliphatic rings. The van der Waals surface area contributed by atoms with Gasteiger partial charge in [0.15, 0.2) is 0 Å². The number of piperidine rings is 1. The molecule has 2 saturated heterocycles. The van der Waals surface area contributed by atoms with E-state index < -0.39 is 24.1 Å². The molecule has 210 valence electrons. The molecule has 2 fully saturated rings. The third-order valence-corrected chi connectivity index (χ3v) is 8.46. The largest absolute Gasteiger partial charge is 0.464 e. The van der Waals surface area contributed by atoms with Gasteiger partial charge in [-0.15, -0.1) is 0 Å². The van der Waals surface area contributed by atoms with E-state index in [0.29, 0.717) is 55.2 Å². The Kier molecular flexibility index (Phi) is 7.94. The number of nitrogens with one attached hydrogen (secondary N) is 1. The van der Waals surface area contributed by atoms with Gasteiger partial charge in [-0.05, 0) is 67.9 Å². The SMILES string of the molecule is CCOC(=O)C1CC2(CCN(C(=O)C(F)c3ccccc3)CC2)CN1C(=O)c1cc(-c2ccc(Cl)c(C)c2)n[nH]1. The lowest BCUT2D eigenvalue weighted by molar-refractivity contribution is -0.148. The van der Waals surface area contributed by atoms with E-state index in [0.717, 1.165) is 11.1 Å². The molecule has 2 amide bonds. The van der Waals surface area contributed by atoms with Crippen LogP contribution >= 0.6 is 11.6 Å². The summed E-state index contributed by atoms with van der Waals surface area (Å²) in [6, 6.07) is 14.8. The van der Waals surface area contributed by atoms with E-state index in [9.17, 15) is 18.8 Å². The maximum atomic E-state index is 14.9. The van der Waals surface area contributed by atoms with Gasteiger partial charge in [-0.3, -0.25) is 14.7 Å². The lowest BCUT2D eigenvalue weighted by atomic mass is 9.76. The number of hydrogen-bond acceptors (Lipinski definition) is 5. The molecule has 3 heterocycles. The molecule has 3 aromatic rings. The molecule has 5 rings (SSSR count). The van der Waals surface area contributed by atoms with Crippen molar-refractivity contribution in [2.75, 3.05) is 26.2 Å². The standard InChI is InChI=1S/C30H32ClFN4O4/c1-3-40-29(39)25-17-30(11-13-35(14-12-30)28(38)26(32)20-7-5-4-6-8-20)18-36(25)27(37)24-16-23(33-34-24)21-9-10-22(31)19(2)15-21/h4-10,15-16,25-26H,3,11-14,17-18H2,1-2H3,(H,33,34). The van der Waals surface area contributed by atoms with Crippen LogP contribution in [0.2, 0.25) is 5.02 Å². The van der Waals surface area contributed by atoms with Gasteiger partial charge in [0.05, 0.1) is 12.3 Å². The van der Waals surface area contributed by atoms with Crippen molar-refractivity contribution in [3.05, 3.63) is 76.4 Å². The fraction of sp³-hybridized carbons (Fsp3) is 0.400. The van der Waals surface area contributed by atoms with Crippen LogP contribution in [0.4, 0.5) is 4.39 Å². The molecule has 2 aromatic carbocycles. The molecule has 2 unspecified atom stereocenters. The van der Waals surface area contributed by atoms with E-state index in [2.05, 4.69) is 10.2 Å². The first-order valence-electron chi connectivity index (χ1n) is 13.5. The highest BCUT2D eigenvalue weighted by molar-refractivity contribution is 6.31. The van der Waals surface area contributed by atoms with Gasteiger partial charge >= 0.3 is 5.97 Å². The van der Waals surface area contributed by atoms with Crippen LogP contribution in [0.1, 0.15) is 54.0 Å². The highest BCUT2D eigenvalue weighted by Gasteiger charge is 2.51. The summed E-state index contributed by atoms with van der Waals surface area (Å²) < 4.78 is 20.3. The van der Waals surface area contributed by atoms with Crippen molar-refractivity contribution in [3.63, 3.8) is 0 Å². The number of rotatable bonds is 6. The molecule has 0 radical (unpaired) electrons. The molecule has 1 aromatic heterocycles. The second-order valence-electron chi connectivity index (χ2n) is 10.6. The molecule has 10 heteroatoms. The normalized spacial score (nSPS) is 19.1. The molecule has 0 bridgehead atoms. The third-order valence-electron chi connectivity index (χ3n) is 8.03. The predicted molar refractivity (Wildman–Crippen MR) is 148 cm³/mol. The van der Waals surface area contributed by atoms with Crippen molar-refractivity contribution in [1.29, 1.82) is 0 Å². The molecule has 0 aliphatic carbocycles. The minimum absolute atomic E-state index is 0.203. The average molecular weight is 567 g/mol. The fourth-order valence-electron chi connectivity index (χ4n) is 5.75. The second-order valence-corrected chi connectivity index (χ2v) is 11.0. The van der Waals surface area contributed by atoms with Crippen LogP contribution in [0.3, 0.4) is 0 Å². The highest BCUT2D eigenvalue weighted by Crippen LogP contribution is 2.44. The third kappa shape index (κ3) is 5.47. The number of aryl methyl sites for hydroxylation is 1. The topological polar surface area (TPSA) is 95.6 Å². The van der Waals surface area contributed by atoms with Crippen LogP contribution < -0.4 is 0 Å². The van der Waals surface area contributed by atoms with Gasteiger partial charge in [0.2, 0.25) is 6.17 Å². The first kappa shape index (κ1) is 27.8. The minimum atomic E-state index is -1.72. The van der Waals surface area contributed by atoms with Gasteiger partial charge < -0.3 is 14.5 Å². The van der Waals surface area contributed by atoms with Crippen LogP contribution in [-0.2, 0) is 14.3 Å². The number of esters is 1. The summed E-state index contributed by atoms with van der Waals surface area (Å²) in [4.78, 5) is 42.6. The summed E-state index contributed by atoms with van der Waals surface area (Å²) in [6.07, 6.45) is -0.186. The molecule has 8 nitrogen and oxygen atoms in total. The van der Waals surface area contributed by atoms with Crippen molar-refractivity contribution in [2.45, 2.75) is 45.3 Å². The monoisotopic (exact) mass is 566 g/mol. The van der Waals surface area contributed by atoms with Crippen molar-refractivity contribution in [3.8, 4) is 11.3 Å². The number of H-pyrrole nitrogens is 1. The summed E-state index contributed by atoms with van der Waals surface area (Å²) in [5.41, 5.74) is 2.53. The number of nitrogens with zero attached hydrogens (tertiary/aromatic N) is 3. The number of likely N-dealkylation sites (tertiary alicyclic amines) is 2. The molecule has 0 saturated carbocycles. The lowest BCUT2D eigenvalue weighted by Crippen LogP contribution is -2.46. The van der Waals surface area contributed by atoms with Crippen LogP contribution in [0.15, 0.2) is 54.6 Å². The highest BCUT2D eigenvalue weighted by atomic mass is 35.5. The molecule has 2 aliphatic heterocycles.